The molecule has 10 nitrogen and oxygen atoms in total. The topological polar surface area (TPSA) is 141 Å². The number of benzene rings is 2. The van der Waals surface area contributed by atoms with Gasteiger partial charge in [0.15, 0.2) is 0 Å². The van der Waals surface area contributed by atoms with E-state index in [0.717, 1.165) is 30.3 Å². The van der Waals surface area contributed by atoms with E-state index in [-0.39, 0.29) is 16.9 Å². The zero-order chi connectivity index (χ0) is 21.2. The van der Waals surface area contributed by atoms with Gasteiger partial charge in [0, 0.05) is 24.3 Å². The van der Waals surface area contributed by atoms with Crippen LogP contribution in [0.5, 0.6) is 0 Å². The summed E-state index contributed by atoms with van der Waals surface area (Å²) in [5.74, 6) is 0. The second-order valence-electron chi connectivity index (χ2n) is 5.76. The zero-order valence-corrected chi connectivity index (χ0v) is 16.2. The van der Waals surface area contributed by atoms with Gasteiger partial charge in [-0.3, -0.25) is 29.3 Å². The number of hydrogen-bond acceptors (Lipinski definition) is 7. The normalized spacial score (nSPS) is 12.2. The van der Waals surface area contributed by atoms with E-state index in [9.17, 15) is 33.4 Å². The molecule has 0 amide bonds. The van der Waals surface area contributed by atoms with E-state index >= 15 is 0 Å². The van der Waals surface area contributed by atoms with E-state index in [2.05, 4.69) is 0 Å². The first-order chi connectivity index (χ1) is 13.0. The van der Waals surface area contributed by atoms with Gasteiger partial charge in [0.05, 0.1) is 20.4 Å². The molecule has 0 spiro atoms. The molecule has 0 aromatic heterocycles. The van der Waals surface area contributed by atoms with Crippen LogP contribution in [0.4, 0.5) is 17.1 Å². The quantitative estimate of drug-likeness (QED) is 0.375. The second-order valence-corrected chi connectivity index (χ2v) is 7.95. The molecule has 0 saturated heterocycles. The molecule has 0 aliphatic rings. The number of nitro groups is 2. The lowest BCUT2D eigenvalue weighted by Crippen LogP contribution is -2.42. The summed E-state index contributed by atoms with van der Waals surface area (Å²) >= 11 is 5.52. The van der Waals surface area contributed by atoms with Crippen molar-refractivity contribution in [2.24, 2.45) is 0 Å². The number of nitro benzene ring substituents is 2. The van der Waals surface area contributed by atoms with Gasteiger partial charge in [0.1, 0.15) is 6.04 Å². The Hall–Kier alpha value is -3.05. The van der Waals surface area contributed by atoms with Crippen LogP contribution in [-0.2, 0) is 14.8 Å². The Morgan fingerprint density at radius 1 is 1.07 bits per heavy atom. The van der Waals surface area contributed by atoms with Crippen LogP contribution in [0, 0.1) is 27.2 Å². The highest BCUT2D eigenvalue weighted by Gasteiger charge is 2.34. The van der Waals surface area contributed by atoms with Crippen molar-refractivity contribution in [3.8, 4) is 0 Å². The van der Waals surface area contributed by atoms with E-state index in [0.29, 0.717) is 4.31 Å². The van der Waals surface area contributed by atoms with Gasteiger partial charge >= 0.3 is 0 Å². The predicted molar refractivity (Wildman–Crippen MR) is 101 cm³/mol. The largest absolute Gasteiger partial charge is 0.279 e. The Morgan fingerprint density at radius 2 is 1.64 bits per heavy atom. The van der Waals surface area contributed by atoms with Crippen molar-refractivity contribution in [1.29, 1.82) is 0 Å². The average Bonchev–Trinajstić information content (AvgIpc) is 2.62. The van der Waals surface area contributed by atoms with Crippen molar-refractivity contribution < 1.29 is 23.1 Å². The molecular weight excluding hydrogens is 414 g/mol. The molecule has 0 aliphatic heterocycles. The molecular formula is C16H14ClN3O7S. The Kier molecular flexibility index (Phi) is 6.00. The maximum Gasteiger partial charge on any atom is 0.270 e. The molecule has 148 valence electrons. The molecule has 2 rings (SSSR count). The van der Waals surface area contributed by atoms with Crippen LogP contribution in [0.1, 0.15) is 12.5 Å². The third kappa shape index (κ3) is 4.10. The van der Waals surface area contributed by atoms with Crippen molar-refractivity contribution in [2.75, 3.05) is 4.31 Å². The fourth-order valence-electron chi connectivity index (χ4n) is 2.51. The lowest BCUT2D eigenvalue weighted by Gasteiger charge is -2.29. The van der Waals surface area contributed by atoms with Crippen molar-refractivity contribution in [3.63, 3.8) is 0 Å². The molecule has 0 saturated carbocycles. The van der Waals surface area contributed by atoms with Crippen LogP contribution in [0.25, 0.3) is 0 Å². The summed E-state index contributed by atoms with van der Waals surface area (Å²) in [7, 11) is -4.46. The number of non-ortho nitro benzene ring substituents is 2. The summed E-state index contributed by atoms with van der Waals surface area (Å²) in [6, 6.07) is 6.36. The Bertz CT molecular complexity index is 1070. The zero-order valence-electron chi connectivity index (χ0n) is 14.6. The third-order valence-electron chi connectivity index (χ3n) is 3.89. The lowest BCUT2D eigenvalue weighted by atomic mass is 10.1. The highest BCUT2D eigenvalue weighted by molar-refractivity contribution is 7.93. The molecule has 0 radical (unpaired) electrons. The Labute approximate surface area is 164 Å². The molecule has 12 heteroatoms. The van der Waals surface area contributed by atoms with Crippen LogP contribution >= 0.6 is 11.6 Å². The van der Waals surface area contributed by atoms with Gasteiger partial charge in [-0.2, -0.15) is 0 Å². The maximum atomic E-state index is 13.2. The molecule has 0 N–H and O–H groups in total. The van der Waals surface area contributed by atoms with E-state index in [1.54, 1.807) is 0 Å². The van der Waals surface area contributed by atoms with Gasteiger partial charge < -0.3 is 0 Å². The number of nitrogens with zero attached hydrogens (tertiary/aromatic N) is 3. The number of anilines is 1. The van der Waals surface area contributed by atoms with Crippen LogP contribution in [-0.4, -0.2) is 29.5 Å². The second kappa shape index (κ2) is 7.90. The molecule has 2 aromatic carbocycles. The summed E-state index contributed by atoms with van der Waals surface area (Å²) in [5, 5.41) is 20.9. The van der Waals surface area contributed by atoms with Crippen LogP contribution in [0.15, 0.2) is 47.4 Å². The lowest BCUT2D eigenvalue weighted by molar-refractivity contribution is -0.385. The molecule has 2 aromatic rings. The third-order valence-corrected chi connectivity index (χ3v) is 6.09. The molecule has 0 aliphatic carbocycles. The number of rotatable bonds is 7. The number of aryl methyl sites for hydroxylation is 1. The SMILES string of the molecule is Cc1cc([N+](=O)[O-])ccc1N(C(C)C(=O)Cl)S(=O)(=O)c1cccc([N+](=O)[O-])c1. The van der Waals surface area contributed by atoms with E-state index < -0.39 is 41.7 Å². The first-order valence-electron chi connectivity index (χ1n) is 7.70. The molecule has 0 bridgehead atoms. The molecule has 1 unspecified atom stereocenters. The highest BCUT2D eigenvalue weighted by Crippen LogP contribution is 2.32. The number of carbonyl (C=O) groups is 1. The summed E-state index contributed by atoms with van der Waals surface area (Å²) in [4.78, 5) is 31.8. The minimum Gasteiger partial charge on any atom is -0.279 e. The smallest absolute Gasteiger partial charge is 0.270 e. The Morgan fingerprint density at radius 3 is 2.14 bits per heavy atom. The van der Waals surface area contributed by atoms with E-state index in [1.807, 2.05) is 0 Å². The van der Waals surface area contributed by atoms with E-state index in [1.165, 1.54) is 26.0 Å². The Balaban J connectivity index is 2.70. The summed E-state index contributed by atoms with van der Waals surface area (Å²) in [6.45, 7) is 2.68. The molecule has 1 atom stereocenters. The summed E-state index contributed by atoms with van der Waals surface area (Å²) in [5.41, 5.74) is -0.531. The van der Waals surface area contributed by atoms with Crippen LogP contribution < -0.4 is 4.31 Å². The first-order valence-corrected chi connectivity index (χ1v) is 9.52. The van der Waals surface area contributed by atoms with Gasteiger partial charge in [-0.1, -0.05) is 6.07 Å². The highest BCUT2D eigenvalue weighted by atomic mass is 35.5. The molecule has 28 heavy (non-hydrogen) atoms. The average molecular weight is 428 g/mol. The predicted octanol–water partition coefficient (Wildman–Crippen LogP) is 3.16. The maximum absolute atomic E-state index is 13.2. The minimum absolute atomic E-state index is 0.0152. The minimum atomic E-state index is -4.46. The summed E-state index contributed by atoms with van der Waals surface area (Å²) < 4.78 is 27.1. The number of sulfonamides is 1. The van der Waals surface area contributed by atoms with Crippen LogP contribution in [0.2, 0.25) is 0 Å². The van der Waals surface area contributed by atoms with Gasteiger partial charge in [0.2, 0.25) is 5.24 Å². The standard InChI is InChI=1S/C16H14ClN3O7S/c1-10-8-13(20(24)25)6-7-15(10)18(11(2)16(17)21)28(26,27)14-5-3-4-12(9-14)19(22)23/h3-9,11H,1-2H3. The van der Waals surface area contributed by atoms with Crippen LogP contribution in [0.3, 0.4) is 0 Å². The number of halogens is 1. The van der Waals surface area contributed by atoms with Gasteiger partial charge in [-0.15, -0.1) is 0 Å². The van der Waals surface area contributed by atoms with Crippen molar-refractivity contribution in [1.82, 2.24) is 0 Å². The first kappa shape index (κ1) is 21.3. The monoisotopic (exact) mass is 427 g/mol. The van der Waals surface area contributed by atoms with Crippen molar-refractivity contribution in [3.05, 3.63) is 68.3 Å². The number of carbonyl (C=O) groups excluding carboxylic acids is 1. The number of hydrogen-bond donors (Lipinski definition) is 0. The van der Waals surface area contributed by atoms with Crippen molar-refractivity contribution in [2.45, 2.75) is 24.8 Å². The summed E-state index contributed by atoms with van der Waals surface area (Å²) in [6.07, 6.45) is 0. The van der Waals surface area contributed by atoms with Crippen molar-refractivity contribution >= 4 is 43.9 Å². The van der Waals surface area contributed by atoms with E-state index in [4.69, 9.17) is 11.6 Å². The fraction of sp³-hybridized carbons (Fsp3) is 0.188. The molecule has 0 fully saturated rings. The van der Waals surface area contributed by atoms with Gasteiger partial charge in [-0.05, 0) is 43.1 Å². The van der Waals surface area contributed by atoms with Gasteiger partial charge in [-0.25, -0.2) is 8.42 Å². The molecule has 0 heterocycles. The van der Waals surface area contributed by atoms with Gasteiger partial charge in [0.25, 0.3) is 21.4 Å². The fourth-order valence-corrected chi connectivity index (χ4v) is 4.39.